The van der Waals surface area contributed by atoms with E-state index < -0.39 is 12.1 Å². The zero-order valence-electron chi connectivity index (χ0n) is 7.03. The van der Waals surface area contributed by atoms with Gasteiger partial charge in [0.05, 0.1) is 12.7 Å². The van der Waals surface area contributed by atoms with E-state index in [0.29, 0.717) is 12.8 Å². The second-order valence-corrected chi connectivity index (χ2v) is 2.61. The lowest BCUT2D eigenvalue weighted by molar-refractivity contribution is -0.132. The first-order valence-corrected chi connectivity index (χ1v) is 3.77. The highest BCUT2D eigenvalue weighted by Crippen LogP contribution is 2.01. The Morgan fingerprint density at radius 3 is 2.58 bits per heavy atom. The number of hydrogen-bond acceptors (Lipinski definition) is 3. The minimum atomic E-state index is -0.950. The molecule has 0 saturated carbocycles. The topological polar surface area (TPSA) is 77.8 Å². The van der Waals surface area contributed by atoms with Crippen molar-refractivity contribution >= 4 is 5.97 Å². The van der Waals surface area contributed by atoms with Gasteiger partial charge in [0.15, 0.2) is 0 Å². The number of aliphatic hydroxyl groups is 2. The Kier molecular flexibility index (Phi) is 5.32. The van der Waals surface area contributed by atoms with Gasteiger partial charge >= 0.3 is 5.97 Å². The summed E-state index contributed by atoms with van der Waals surface area (Å²) in [6, 6.07) is 0. The van der Waals surface area contributed by atoms with E-state index in [2.05, 4.69) is 0 Å². The molecule has 0 aliphatic heterocycles. The molecule has 0 aromatic heterocycles. The molecule has 0 bridgehead atoms. The third-order valence-corrected chi connectivity index (χ3v) is 1.50. The van der Waals surface area contributed by atoms with Crippen LogP contribution < -0.4 is 0 Å². The summed E-state index contributed by atoms with van der Waals surface area (Å²) in [5.74, 6) is -0.950. The molecule has 0 aromatic carbocycles. The minimum Gasteiger partial charge on any atom is -0.478 e. The Morgan fingerprint density at radius 1 is 1.58 bits per heavy atom. The Hall–Kier alpha value is -0.870. The first-order valence-electron chi connectivity index (χ1n) is 3.77. The lowest BCUT2D eigenvalue weighted by Gasteiger charge is -2.03. The molecule has 4 nitrogen and oxygen atoms in total. The molecule has 12 heavy (non-hydrogen) atoms. The minimum absolute atomic E-state index is 0.264. The Morgan fingerprint density at radius 2 is 2.17 bits per heavy atom. The van der Waals surface area contributed by atoms with Gasteiger partial charge in [0.1, 0.15) is 0 Å². The molecule has 0 heterocycles. The number of aliphatic hydroxyl groups excluding tert-OH is 2. The average Bonchev–Trinajstić information content (AvgIpc) is 2.03. The molecule has 0 saturated heterocycles. The van der Waals surface area contributed by atoms with Gasteiger partial charge in [0.25, 0.3) is 0 Å². The SMILES string of the molecule is CC(=CCCC(O)CO)C(=O)O. The average molecular weight is 174 g/mol. The predicted octanol–water partition coefficient (Wildman–Crippen LogP) is 0.151. The Labute approximate surface area is 71.1 Å². The van der Waals surface area contributed by atoms with Crippen LogP contribution in [0.15, 0.2) is 11.6 Å². The van der Waals surface area contributed by atoms with Gasteiger partial charge in [-0.05, 0) is 19.8 Å². The van der Waals surface area contributed by atoms with Crippen LogP contribution in [0.2, 0.25) is 0 Å². The summed E-state index contributed by atoms with van der Waals surface area (Å²) in [6.45, 7) is 1.22. The quantitative estimate of drug-likeness (QED) is 0.518. The van der Waals surface area contributed by atoms with Crippen LogP contribution in [0.3, 0.4) is 0 Å². The normalized spacial score (nSPS) is 14.4. The van der Waals surface area contributed by atoms with Crippen molar-refractivity contribution in [3.05, 3.63) is 11.6 Å². The molecule has 0 fully saturated rings. The number of allylic oxidation sites excluding steroid dienone is 1. The number of carbonyl (C=O) groups is 1. The van der Waals surface area contributed by atoms with Crippen LogP contribution in [0.4, 0.5) is 0 Å². The van der Waals surface area contributed by atoms with E-state index in [0.717, 1.165) is 0 Å². The molecule has 0 aliphatic carbocycles. The summed E-state index contributed by atoms with van der Waals surface area (Å²) in [5.41, 5.74) is 0.264. The van der Waals surface area contributed by atoms with Gasteiger partial charge in [0.2, 0.25) is 0 Å². The van der Waals surface area contributed by atoms with Crippen molar-refractivity contribution < 1.29 is 20.1 Å². The van der Waals surface area contributed by atoms with Crippen LogP contribution in [0.25, 0.3) is 0 Å². The Bertz CT molecular complexity index is 174. The van der Waals surface area contributed by atoms with E-state index in [1.165, 1.54) is 13.0 Å². The standard InChI is InChI=1S/C8H14O4/c1-6(8(11)12)3-2-4-7(10)5-9/h3,7,9-10H,2,4-5H2,1H3,(H,11,12). The van der Waals surface area contributed by atoms with E-state index in [4.69, 9.17) is 15.3 Å². The summed E-state index contributed by atoms with van der Waals surface area (Å²) in [7, 11) is 0. The Balaban J connectivity index is 3.67. The third kappa shape index (κ3) is 4.87. The maximum Gasteiger partial charge on any atom is 0.330 e. The first kappa shape index (κ1) is 11.1. The highest BCUT2D eigenvalue weighted by Gasteiger charge is 2.01. The van der Waals surface area contributed by atoms with Gasteiger partial charge in [0, 0.05) is 5.57 Å². The second-order valence-electron chi connectivity index (χ2n) is 2.61. The fraction of sp³-hybridized carbons (Fsp3) is 0.625. The molecule has 1 unspecified atom stereocenters. The highest BCUT2D eigenvalue weighted by atomic mass is 16.4. The molecule has 70 valence electrons. The van der Waals surface area contributed by atoms with E-state index in [1.807, 2.05) is 0 Å². The number of hydrogen-bond donors (Lipinski definition) is 3. The van der Waals surface area contributed by atoms with Gasteiger partial charge in [-0.15, -0.1) is 0 Å². The monoisotopic (exact) mass is 174 g/mol. The van der Waals surface area contributed by atoms with E-state index in [1.54, 1.807) is 0 Å². The van der Waals surface area contributed by atoms with Crippen LogP contribution in [-0.2, 0) is 4.79 Å². The number of aliphatic carboxylic acids is 1. The lowest BCUT2D eigenvalue weighted by atomic mass is 10.1. The molecule has 1 atom stereocenters. The number of carboxylic acids is 1. The molecule has 4 heteroatoms. The maximum atomic E-state index is 10.3. The fourth-order valence-corrected chi connectivity index (χ4v) is 0.671. The van der Waals surface area contributed by atoms with Gasteiger partial charge < -0.3 is 15.3 Å². The van der Waals surface area contributed by atoms with Crippen molar-refractivity contribution in [1.82, 2.24) is 0 Å². The maximum absolute atomic E-state index is 10.3. The van der Waals surface area contributed by atoms with Gasteiger partial charge in [-0.1, -0.05) is 6.08 Å². The first-order chi connectivity index (χ1) is 5.57. The summed E-state index contributed by atoms with van der Waals surface area (Å²) in [4.78, 5) is 10.3. The van der Waals surface area contributed by atoms with Gasteiger partial charge in [-0.25, -0.2) is 4.79 Å². The van der Waals surface area contributed by atoms with Crippen LogP contribution in [0.1, 0.15) is 19.8 Å². The molecule has 0 radical (unpaired) electrons. The van der Waals surface area contributed by atoms with E-state index >= 15 is 0 Å². The summed E-state index contributed by atoms with van der Waals surface area (Å²) in [6.07, 6.45) is 1.64. The zero-order chi connectivity index (χ0) is 9.56. The van der Waals surface area contributed by atoms with Crippen molar-refractivity contribution in [3.8, 4) is 0 Å². The fourth-order valence-electron chi connectivity index (χ4n) is 0.671. The summed E-state index contributed by atoms with van der Waals surface area (Å²) in [5, 5.41) is 25.7. The molecule has 0 amide bonds. The smallest absolute Gasteiger partial charge is 0.330 e. The lowest BCUT2D eigenvalue weighted by Crippen LogP contribution is -2.10. The van der Waals surface area contributed by atoms with Crippen molar-refractivity contribution in [1.29, 1.82) is 0 Å². The second kappa shape index (κ2) is 5.74. The van der Waals surface area contributed by atoms with Crippen molar-refractivity contribution in [3.63, 3.8) is 0 Å². The van der Waals surface area contributed by atoms with Crippen molar-refractivity contribution in [2.45, 2.75) is 25.9 Å². The van der Waals surface area contributed by atoms with Crippen LogP contribution in [0.5, 0.6) is 0 Å². The van der Waals surface area contributed by atoms with E-state index in [-0.39, 0.29) is 12.2 Å². The zero-order valence-corrected chi connectivity index (χ0v) is 7.03. The van der Waals surface area contributed by atoms with Gasteiger partial charge in [-0.2, -0.15) is 0 Å². The molecular formula is C8H14O4. The molecule has 0 aromatic rings. The predicted molar refractivity (Wildman–Crippen MR) is 43.7 cm³/mol. The van der Waals surface area contributed by atoms with Crippen LogP contribution in [0, 0.1) is 0 Å². The molecule has 0 spiro atoms. The highest BCUT2D eigenvalue weighted by molar-refractivity contribution is 5.85. The largest absolute Gasteiger partial charge is 0.478 e. The molecule has 3 N–H and O–H groups in total. The van der Waals surface area contributed by atoms with Gasteiger partial charge in [-0.3, -0.25) is 0 Å². The third-order valence-electron chi connectivity index (χ3n) is 1.50. The molecule has 0 aliphatic rings. The van der Waals surface area contributed by atoms with Crippen LogP contribution >= 0.6 is 0 Å². The summed E-state index contributed by atoms with van der Waals surface area (Å²) >= 11 is 0. The number of carboxylic acid groups (broad SMARTS) is 1. The van der Waals surface area contributed by atoms with Crippen molar-refractivity contribution in [2.24, 2.45) is 0 Å². The van der Waals surface area contributed by atoms with E-state index in [9.17, 15) is 4.79 Å². The number of rotatable bonds is 5. The molecule has 0 rings (SSSR count). The van der Waals surface area contributed by atoms with Crippen molar-refractivity contribution in [2.75, 3.05) is 6.61 Å². The van der Waals surface area contributed by atoms with Crippen LogP contribution in [-0.4, -0.2) is 34.0 Å². The summed E-state index contributed by atoms with van der Waals surface area (Å²) < 4.78 is 0. The molecular weight excluding hydrogens is 160 g/mol.